The van der Waals surface area contributed by atoms with Crippen molar-refractivity contribution in [2.45, 2.75) is 19.8 Å². The molecule has 5 nitrogen and oxygen atoms in total. The topological polar surface area (TPSA) is 70.7 Å². The molecule has 0 aliphatic rings. The quantitative estimate of drug-likeness (QED) is 0.874. The average molecular weight is 273 g/mol. The molecule has 0 atom stereocenters. The Hall–Kier alpha value is -1.17. The fourth-order valence-electron chi connectivity index (χ4n) is 0.889. The Morgan fingerprint density at radius 3 is 2.80 bits per heavy atom. The first-order valence-electron chi connectivity index (χ1n) is 4.54. The minimum atomic E-state index is -0.307. The zero-order valence-corrected chi connectivity index (χ0v) is 10.3. The van der Waals surface area contributed by atoms with Crippen LogP contribution in [0.2, 0.25) is 0 Å². The van der Waals surface area contributed by atoms with Crippen molar-refractivity contribution in [3.8, 4) is 0 Å². The molecule has 2 N–H and O–H groups in total. The highest BCUT2D eigenvalue weighted by atomic mass is 79.9. The molecular formula is C9H13BrN4O. The largest absolute Gasteiger partial charge is 0.345 e. The van der Waals surface area contributed by atoms with Gasteiger partial charge in [-0.3, -0.25) is 9.89 Å². The summed E-state index contributed by atoms with van der Waals surface area (Å²) in [4.78, 5) is 15.5. The van der Waals surface area contributed by atoms with Crippen molar-refractivity contribution in [2.75, 3.05) is 6.54 Å². The number of carbonyl (C=O) groups excluding carboxylic acids is 1. The van der Waals surface area contributed by atoms with E-state index in [0.29, 0.717) is 16.9 Å². The standard InChI is InChI=1S/C9H13BrN4O/c1-5(2)7-12-8(14-13-7)9(15)11-4-6(3)10/h5H,3-4H2,1-2H3,(H,11,15)(H,12,13,14). The van der Waals surface area contributed by atoms with Gasteiger partial charge in [-0.2, -0.15) is 0 Å². The minimum absolute atomic E-state index is 0.160. The highest BCUT2D eigenvalue weighted by molar-refractivity contribution is 9.11. The fourth-order valence-corrected chi connectivity index (χ4v) is 1.03. The second kappa shape index (κ2) is 5.06. The van der Waals surface area contributed by atoms with Gasteiger partial charge in [0.05, 0.1) is 0 Å². The van der Waals surface area contributed by atoms with Crippen LogP contribution < -0.4 is 5.32 Å². The number of nitrogens with one attached hydrogen (secondary N) is 2. The number of rotatable bonds is 4. The van der Waals surface area contributed by atoms with Gasteiger partial charge >= 0.3 is 0 Å². The van der Waals surface area contributed by atoms with Crippen molar-refractivity contribution < 1.29 is 4.79 Å². The number of aromatic nitrogens is 3. The summed E-state index contributed by atoms with van der Waals surface area (Å²) in [6.45, 7) is 7.92. The third kappa shape index (κ3) is 3.47. The van der Waals surface area contributed by atoms with E-state index in [-0.39, 0.29) is 17.6 Å². The zero-order valence-electron chi connectivity index (χ0n) is 8.67. The fraction of sp³-hybridized carbons (Fsp3) is 0.444. The second-order valence-corrected chi connectivity index (χ2v) is 4.52. The van der Waals surface area contributed by atoms with Gasteiger partial charge in [-0.15, -0.1) is 5.10 Å². The summed E-state index contributed by atoms with van der Waals surface area (Å²) in [7, 11) is 0. The van der Waals surface area contributed by atoms with Crippen molar-refractivity contribution in [3.05, 3.63) is 22.7 Å². The number of carbonyl (C=O) groups is 1. The Labute approximate surface area is 96.5 Å². The molecule has 0 saturated carbocycles. The van der Waals surface area contributed by atoms with Gasteiger partial charge in [0.2, 0.25) is 5.82 Å². The lowest BCUT2D eigenvalue weighted by Crippen LogP contribution is -2.25. The van der Waals surface area contributed by atoms with Crippen LogP contribution in [0.25, 0.3) is 0 Å². The number of aromatic amines is 1. The molecule has 0 bridgehead atoms. The monoisotopic (exact) mass is 272 g/mol. The minimum Gasteiger partial charge on any atom is -0.345 e. The maximum Gasteiger partial charge on any atom is 0.291 e. The van der Waals surface area contributed by atoms with Gasteiger partial charge < -0.3 is 5.32 Å². The predicted molar refractivity (Wildman–Crippen MR) is 60.9 cm³/mol. The van der Waals surface area contributed by atoms with E-state index in [0.717, 1.165) is 0 Å². The number of amides is 1. The zero-order chi connectivity index (χ0) is 11.4. The molecule has 15 heavy (non-hydrogen) atoms. The second-order valence-electron chi connectivity index (χ2n) is 3.40. The molecule has 0 unspecified atom stereocenters. The Bertz CT molecular complexity index is 372. The molecule has 0 fully saturated rings. The molecule has 82 valence electrons. The van der Waals surface area contributed by atoms with E-state index < -0.39 is 0 Å². The Morgan fingerprint density at radius 2 is 2.33 bits per heavy atom. The van der Waals surface area contributed by atoms with Gasteiger partial charge in [-0.05, 0) is 0 Å². The molecule has 0 aliphatic carbocycles. The lowest BCUT2D eigenvalue weighted by atomic mass is 10.2. The summed E-state index contributed by atoms with van der Waals surface area (Å²) >= 11 is 3.15. The molecule has 6 heteroatoms. The highest BCUT2D eigenvalue weighted by Crippen LogP contribution is 2.07. The summed E-state index contributed by atoms with van der Waals surface area (Å²) in [5.74, 6) is 0.786. The first kappa shape index (κ1) is 11.9. The molecule has 0 aromatic carbocycles. The smallest absolute Gasteiger partial charge is 0.291 e. The van der Waals surface area contributed by atoms with Crippen molar-refractivity contribution in [2.24, 2.45) is 0 Å². The number of hydrogen-bond acceptors (Lipinski definition) is 3. The van der Waals surface area contributed by atoms with Crippen LogP contribution in [0.15, 0.2) is 11.1 Å². The third-order valence-corrected chi connectivity index (χ3v) is 1.97. The summed E-state index contributed by atoms with van der Waals surface area (Å²) in [6.07, 6.45) is 0. The molecule has 1 heterocycles. The summed E-state index contributed by atoms with van der Waals surface area (Å²) < 4.78 is 0.704. The lowest BCUT2D eigenvalue weighted by Gasteiger charge is -1.99. The number of nitrogens with zero attached hydrogens (tertiary/aromatic N) is 2. The lowest BCUT2D eigenvalue weighted by molar-refractivity contribution is 0.0948. The van der Waals surface area contributed by atoms with Gasteiger partial charge in [-0.25, -0.2) is 4.98 Å². The van der Waals surface area contributed by atoms with Crippen molar-refractivity contribution >= 4 is 21.8 Å². The molecule has 1 aromatic rings. The predicted octanol–water partition coefficient (Wildman–Crippen LogP) is 1.57. The van der Waals surface area contributed by atoms with Crippen LogP contribution in [0, 0.1) is 0 Å². The van der Waals surface area contributed by atoms with E-state index in [9.17, 15) is 4.79 Å². The summed E-state index contributed by atoms with van der Waals surface area (Å²) in [5.41, 5.74) is 0. The molecule has 1 aromatic heterocycles. The molecule has 0 spiro atoms. The molecule has 0 saturated heterocycles. The molecule has 0 radical (unpaired) electrons. The van der Waals surface area contributed by atoms with Crippen molar-refractivity contribution in [1.82, 2.24) is 20.5 Å². The van der Waals surface area contributed by atoms with Crippen LogP contribution in [-0.4, -0.2) is 27.6 Å². The molecule has 1 rings (SSSR count). The maximum absolute atomic E-state index is 11.5. The normalized spacial score (nSPS) is 10.4. The summed E-state index contributed by atoms with van der Waals surface area (Å²) in [6, 6.07) is 0. The molecule has 0 aliphatic heterocycles. The van der Waals surface area contributed by atoms with Crippen molar-refractivity contribution in [1.29, 1.82) is 0 Å². The van der Waals surface area contributed by atoms with Crippen LogP contribution >= 0.6 is 15.9 Å². The van der Waals surface area contributed by atoms with Crippen LogP contribution in [-0.2, 0) is 0 Å². The Balaban J connectivity index is 2.62. The van der Waals surface area contributed by atoms with E-state index in [4.69, 9.17) is 0 Å². The van der Waals surface area contributed by atoms with Crippen LogP contribution in [0.4, 0.5) is 0 Å². The highest BCUT2D eigenvalue weighted by Gasteiger charge is 2.13. The van der Waals surface area contributed by atoms with Gasteiger partial charge in [0.1, 0.15) is 5.82 Å². The van der Waals surface area contributed by atoms with E-state index in [1.54, 1.807) is 0 Å². The average Bonchev–Trinajstić information content (AvgIpc) is 2.62. The first-order chi connectivity index (χ1) is 7.00. The number of H-pyrrole nitrogens is 1. The van der Waals surface area contributed by atoms with E-state index >= 15 is 0 Å². The van der Waals surface area contributed by atoms with Gasteiger partial charge in [-0.1, -0.05) is 36.4 Å². The first-order valence-corrected chi connectivity index (χ1v) is 5.33. The maximum atomic E-state index is 11.5. The SMILES string of the molecule is C=C(Br)CNC(=O)c1n[nH]c(C(C)C)n1. The number of hydrogen-bond donors (Lipinski definition) is 2. The van der Waals surface area contributed by atoms with Crippen LogP contribution in [0.1, 0.15) is 36.2 Å². The van der Waals surface area contributed by atoms with Gasteiger partial charge in [0.25, 0.3) is 5.91 Å². The third-order valence-electron chi connectivity index (χ3n) is 1.69. The molecular weight excluding hydrogens is 260 g/mol. The van der Waals surface area contributed by atoms with Crippen molar-refractivity contribution in [3.63, 3.8) is 0 Å². The van der Waals surface area contributed by atoms with E-state index in [2.05, 4.69) is 43.0 Å². The van der Waals surface area contributed by atoms with Gasteiger partial charge in [0.15, 0.2) is 0 Å². The summed E-state index contributed by atoms with van der Waals surface area (Å²) in [5, 5.41) is 9.16. The van der Waals surface area contributed by atoms with Crippen LogP contribution in [0.3, 0.4) is 0 Å². The number of halogens is 1. The Kier molecular flexibility index (Phi) is 4.02. The Morgan fingerprint density at radius 1 is 1.67 bits per heavy atom. The van der Waals surface area contributed by atoms with Crippen LogP contribution in [0.5, 0.6) is 0 Å². The van der Waals surface area contributed by atoms with Gasteiger partial charge in [0, 0.05) is 16.9 Å². The van der Waals surface area contributed by atoms with E-state index in [1.165, 1.54) is 0 Å². The molecule has 1 amide bonds. The van der Waals surface area contributed by atoms with E-state index in [1.807, 2.05) is 13.8 Å².